The topological polar surface area (TPSA) is 75.3 Å². The van der Waals surface area contributed by atoms with Crippen LogP contribution in [0, 0.1) is 26.7 Å². The summed E-state index contributed by atoms with van der Waals surface area (Å²) in [6.07, 6.45) is 0.714. The number of nitrogens with one attached hydrogen (secondary N) is 2. The van der Waals surface area contributed by atoms with Gasteiger partial charge in [0.1, 0.15) is 11.7 Å². The highest BCUT2D eigenvalue weighted by Crippen LogP contribution is 2.37. The normalized spacial score (nSPS) is 19.0. The Kier molecular flexibility index (Phi) is 5.93. The van der Waals surface area contributed by atoms with Crippen molar-refractivity contribution in [2.24, 2.45) is 5.92 Å². The molecule has 0 aromatic heterocycles. The minimum atomic E-state index is -0.663. The average Bonchev–Trinajstić information content (AvgIpc) is 2.90. The van der Waals surface area contributed by atoms with Gasteiger partial charge >= 0.3 is 6.03 Å². The summed E-state index contributed by atoms with van der Waals surface area (Å²) in [6, 6.07) is 12.9. The number of para-hydroxylation sites is 1. The summed E-state index contributed by atoms with van der Waals surface area (Å²) < 4.78 is 0. The number of aryl methyl sites for hydroxylation is 3. The first-order valence-corrected chi connectivity index (χ1v) is 9.61. The predicted octanol–water partition coefficient (Wildman–Crippen LogP) is 4.07. The lowest BCUT2D eigenvalue weighted by Crippen LogP contribution is -2.31. The predicted molar refractivity (Wildman–Crippen MR) is 110 cm³/mol. The lowest BCUT2D eigenvalue weighted by atomic mass is 9.86. The Bertz CT molecular complexity index is 882. The van der Waals surface area contributed by atoms with Gasteiger partial charge in [-0.25, -0.2) is 4.79 Å². The second-order valence-electron chi connectivity index (χ2n) is 7.55. The Hall–Kier alpha value is -2.95. The van der Waals surface area contributed by atoms with Gasteiger partial charge in [-0.15, -0.1) is 0 Å². The van der Waals surface area contributed by atoms with Gasteiger partial charge in [-0.2, -0.15) is 0 Å². The minimum Gasteiger partial charge on any atom is -0.338 e. The average molecular weight is 378 g/mol. The Labute approximate surface area is 165 Å². The van der Waals surface area contributed by atoms with Crippen LogP contribution in [0.25, 0.3) is 0 Å². The third kappa shape index (κ3) is 4.30. The van der Waals surface area contributed by atoms with E-state index >= 15 is 0 Å². The second-order valence-corrected chi connectivity index (χ2v) is 7.55. The number of anilines is 1. The van der Waals surface area contributed by atoms with E-state index in [4.69, 9.17) is 0 Å². The van der Waals surface area contributed by atoms with Gasteiger partial charge in [0.25, 0.3) is 0 Å². The van der Waals surface area contributed by atoms with Crippen molar-refractivity contribution in [3.8, 4) is 0 Å². The van der Waals surface area contributed by atoms with Gasteiger partial charge in [-0.05, 0) is 56.0 Å². The molecule has 1 fully saturated rings. The molecule has 2 N–H and O–H groups in total. The largest absolute Gasteiger partial charge is 0.338 e. The highest BCUT2D eigenvalue weighted by Gasteiger charge is 2.42. The molecule has 2 unspecified atom stereocenters. The lowest BCUT2D eigenvalue weighted by Gasteiger charge is -2.16. The van der Waals surface area contributed by atoms with Crippen molar-refractivity contribution in [3.05, 3.63) is 64.7 Å². The summed E-state index contributed by atoms with van der Waals surface area (Å²) in [5, 5.41) is 5.50. The van der Waals surface area contributed by atoms with E-state index in [2.05, 4.69) is 10.6 Å². The van der Waals surface area contributed by atoms with Crippen LogP contribution < -0.4 is 10.6 Å². The molecule has 0 spiro atoms. The molecule has 2 aromatic carbocycles. The Morgan fingerprint density at radius 3 is 2.32 bits per heavy atom. The molecule has 2 atom stereocenters. The Morgan fingerprint density at radius 1 is 1.04 bits per heavy atom. The third-order valence-electron chi connectivity index (χ3n) is 5.29. The van der Waals surface area contributed by atoms with E-state index in [1.54, 1.807) is 12.1 Å². The number of Topliss-reactive ketones (excluding diaryl/α,β-unsaturated/α-hetero) is 2. The first kappa shape index (κ1) is 19.8. The van der Waals surface area contributed by atoms with Crippen LogP contribution in [-0.4, -0.2) is 24.1 Å². The highest BCUT2D eigenvalue weighted by atomic mass is 16.2. The fraction of sp³-hybridized carbons (Fsp3) is 0.348. The molecule has 0 aliphatic heterocycles. The van der Waals surface area contributed by atoms with Crippen molar-refractivity contribution in [3.63, 3.8) is 0 Å². The van der Waals surface area contributed by atoms with Crippen molar-refractivity contribution >= 4 is 23.3 Å². The summed E-state index contributed by atoms with van der Waals surface area (Å²) in [4.78, 5) is 37.5. The third-order valence-corrected chi connectivity index (χ3v) is 5.29. The van der Waals surface area contributed by atoms with Crippen LogP contribution in [0.4, 0.5) is 10.5 Å². The van der Waals surface area contributed by atoms with Crippen LogP contribution in [0.5, 0.6) is 0 Å². The molecule has 146 valence electrons. The van der Waals surface area contributed by atoms with E-state index in [9.17, 15) is 14.4 Å². The Morgan fingerprint density at radius 2 is 1.68 bits per heavy atom. The number of hydrogen-bond acceptors (Lipinski definition) is 3. The molecular weight excluding hydrogens is 352 g/mol. The van der Waals surface area contributed by atoms with Crippen molar-refractivity contribution in [1.29, 1.82) is 0 Å². The lowest BCUT2D eigenvalue weighted by molar-refractivity contribution is -0.124. The molecule has 0 heterocycles. The number of carbonyl (C=O) groups is 3. The van der Waals surface area contributed by atoms with Gasteiger partial charge < -0.3 is 10.6 Å². The number of urea groups is 1. The zero-order valence-electron chi connectivity index (χ0n) is 16.5. The van der Waals surface area contributed by atoms with Crippen LogP contribution in [-0.2, 0) is 9.59 Å². The van der Waals surface area contributed by atoms with Gasteiger partial charge in [0, 0.05) is 24.6 Å². The van der Waals surface area contributed by atoms with Crippen LogP contribution >= 0.6 is 0 Å². The molecule has 1 saturated carbocycles. The van der Waals surface area contributed by atoms with E-state index in [0.717, 1.165) is 22.3 Å². The maximum Gasteiger partial charge on any atom is 0.319 e. The molecule has 1 aliphatic rings. The summed E-state index contributed by atoms with van der Waals surface area (Å²) in [5.41, 5.74) is 4.67. The maximum atomic E-state index is 12.9. The molecule has 1 aliphatic carbocycles. The molecule has 28 heavy (non-hydrogen) atoms. The quantitative estimate of drug-likeness (QED) is 0.770. The summed E-state index contributed by atoms with van der Waals surface area (Å²) in [7, 11) is 0. The number of ketones is 2. The zero-order valence-corrected chi connectivity index (χ0v) is 16.5. The first-order valence-electron chi connectivity index (χ1n) is 9.61. The number of benzene rings is 2. The summed E-state index contributed by atoms with van der Waals surface area (Å²) in [5.74, 6) is -1.04. The molecule has 5 nitrogen and oxygen atoms in total. The number of hydrogen-bond donors (Lipinski definition) is 2. The number of amides is 2. The van der Waals surface area contributed by atoms with Crippen molar-refractivity contribution in [1.82, 2.24) is 5.32 Å². The highest BCUT2D eigenvalue weighted by molar-refractivity contribution is 6.15. The fourth-order valence-corrected chi connectivity index (χ4v) is 4.11. The smallest absolute Gasteiger partial charge is 0.319 e. The number of rotatable bonds is 5. The van der Waals surface area contributed by atoms with Gasteiger partial charge in [0.15, 0.2) is 5.78 Å². The van der Waals surface area contributed by atoms with Gasteiger partial charge in [0.2, 0.25) is 0 Å². The fourth-order valence-electron chi connectivity index (χ4n) is 4.11. The van der Waals surface area contributed by atoms with Gasteiger partial charge in [0.05, 0.1) is 0 Å². The van der Waals surface area contributed by atoms with Crippen LogP contribution in [0.15, 0.2) is 42.5 Å². The second kappa shape index (κ2) is 8.38. The molecule has 2 amide bonds. The van der Waals surface area contributed by atoms with E-state index < -0.39 is 5.92 Å². The monoisotopic (exact) mass is 378 g/mol. The Balaban J connectivity index is 1.59. The van der Waals surface area contributed by atoms with Crippen molar-refractivity contribution in [2.75, 3.05) is 11.9 Å². The zero-order chi connectivity index (χ0) is 20.3. The van der Waals surface area contributed by atoms with Crippen molar-refractivity contribution < 1.29 is 14.4 Å². The molecule has 3 rings (SSSR count). The molecular formula is C23H26N2O3. The molecule has 2 aromatic rings. The molecule has 0 saturated heterocycles. The van der Waals surface area contributed by atoms with Gasteiger partial charge in [-0.3, -0.25) is 9.59 Å². The van der Waals surface area contributed by atoms with E-state index in [-0.39, 0.29) is 29.9 Å². The maximum absolute atomic E-state index is 12.9. The van der Waals surface area contributed by atoms with Gasteiger partial charge in [-0.1, -0.05) is 35.9 Å². The summed E-state index contributed by atoms with van der Waals surface area (Å²) in [6.45, 7) is 6.27. The molecule has 0 radical (unpaired) electrons. The molecule has 0 bridgehead atoms. The van der Waals surface area contributed by atoms with Crippen LogP contribution in [0.1, 0.15) is 41.0 Å². The number of carbonyl (C=O) groups excluding carboxylic acids is 3. The SMILES string of the molecule is Cc1cc(C)c(C2C(=O)CC(CCNC(=O)Nc3ccccc3)C2=O)c(C)c1. The van der Waals surface area contributed by atoms with Crippen LogP contribution in [0.3, 0.4) is 0 Å². The van der Waals surface area contributed by atoms with Crippen LogP contribution in [0.2, 0.25) is 0 Å². The molecule has 5 heteroatoms. The van der Waals surface area contributed by atoms with Crippen molar-refractivity contribution in [2.45, 2.75) is 39.5 Å². The first-order chi connectivity index (χ1) is 13.4. The van der Waals surface area contributed by atoms with E-state index in [1.165, 1.54) is 0 Å². The standard InChI is InChI=1S/C23H26N2O3/c1-14-11-15(2)20(16(3)12-14)21-19(26)13-17(22(21)27)9-10-24-23(28)25-18-7-5-4-6-8-18/h4-8,11-12,17,21H,9-10,13H2,1-3H3,(H2,24,25,28). The van der Waals surface area contributed by atoms with E-state index in [1.807, 2.05) is 51.1 Å². The minimum absolute atomic E-state index is 0.0150. The van der Waals surface area contributed by atoms with E-state index in [0.29, 0.717) is 18.7 Å². The summed E-state index contributed by atoms with van der Waals surface area (Å²) >= 11 is 0.